The lowest BCUT2D eigenvalue weighted by Gasteiger charge is -2.45. The number of hydrogen-bond acceptors (Lipinski definition) is 11. The van der Waals surface area contributed by atoms with E-state index in [0.717, 1.165) is 0 Å². The number of rotatable bonds is 3. The first-order valence-corrected chi connectivity index (χ1v) is 7.07. The Hall–Kier alpha value is -0.440. The van der Waals surface area contributed by atoms with Crippen molar-refractivity contribution in [3.8, 4) is 0 Å². The first kappa shape index (κ1) is 18.9. The van der Waals surface area contributed by atoms with Crippen LogP contribution >= 0.6 is 0 Å². The van der Waals surface area contributed by atoms with Crippen LogP contribution in [0.1, 0.15) is 0 Å². The Morgan fingerprint density at radius 1 is 0.609 bits per heavy atom. The van der Waals surface area contributed by atoms with Crippen LogP contribution in [0.15, 0.2) is 0 Å². The highest BCUT2D eigenvalue weighted by molar-refractivity contribution is 5.00. The SMILES string of the molecule is OC[C@@H]1O[C@H](OC2[C@@H](O)[C@@H](O)C(O)[C@H](O)[C@H]2O)[C@@H](O)[C@H](O)[C@H]1O. The van der Waals surface area contributed by atoms with Crippen LogP contribution in [0.25, 0.3) is 0 Å². The third kappa shape index (κ3) is 3.36. The molecule has 0 spiro atoms. The van der Waals surface area contributed by atoms with Gasteiger partial charge in [0.2, 0.25) is 0 Å². The molecule has 1 saturated heterocycles. The molecule has 1 heterocycles. The summed E-state index contributed by atoms with van der Waals surface area (Å²) in [5.74, 6) is 0. The minimum absolute atomic E-state index is 0.704. The predicted octanol–water partition coefficient (Wildman–Crippen LogP) is -6.01. The largest absolute Gasteiger partial charge is 0.394 e. The summed E-state index contributed by atoms with van der Waals surface area (Å²) in [6.45, 7) is -0.704. The summed E-state index contributed by atoms with van der Waals surface area (Å²) in [4.78, 5) is 0. The van der Waals surface area contributed by atoms with E-state index in [9.17, 15) is 40.9 Å². The van der Waals surface area contributed by atoms with E-state index < -0.39 is 73.9 Å². The number of hydrogen-bond donors (Lipinski definition) is 9. The lowest BCUT2D eigenvalue weighted by atomic mass is 9.84. The van der Waals surface area contributed by atoms with Gasteiger partial charge in [-0.15, -0.1) is 0 Å². The van der Waals surface area contributed by atoms with E-state index in [1.165, 1.54) is 0 Å². The van der Waals surface area contributed by atoms with E-state index in [4.69, 9.17) is 14.6 Å². The van der Waals surface area contributed by atoms with Crippen molar-refractivity contribution in [2.75, 3.05) is 6.61 Å². The van der Waals surface area contributed by atoms with Gasteiger partial charge >= 0.3 is 0 Å². The Morgan fingerprint density at radius 2 is 1.04 bits per heavy atom. The third-order valence-electron chi connectivity index (χ3n) is 4.21. The zero-order chi connectivity index (χ0) is 17.5. The summed E-state index contributed by atoms with van der Waals surface area (Å²) in [6.07, 6.45) is -18.9. The normalized spacial score (nSPS) is 54.9. The molecule has 0 radical (unpaired) electrons. The van der Waals surface area contributed by atoms with E-state index in [0.29, 0.717) is 0 Å². The Morgan fingerprint density at radius 3 is 1.52 bits per heavy atom. The molecule has 23 heavy (non-hydrogen) atoms. The Bertz CT molecular complexity index is 377. The average Bonchev–Trinajstić information content (AvgIpc) is 2.54. The van der Waals surface area contributed by atoms with Crippen LogP contribution in [-0.4, -0.2) is 120 Å². The summed E-state index contributed by atoms with van der Waals surface area (Å²) in [5, 5.41) is 86.6. The van der Waals surface area contributed by atoms with E-state index in [1.807, 2.05) is 0 Å². The van der Waals surface area contributed by atoms with E-state index in [1.54, 1.807) is 0 Å². The van der Waals surface area contributed by atoms with Gasteiger partial charge in [-0.25, -0.2) is 0 Å². The van der Waals surface area contributed by atoms with Crippen LogP contribution in [0.2, 0.25) is 0 Å². The zero-order valence-electron chi connectivity index (χ0n) is 11.9. The highest BCUT2D eigenvalue weighted by atomic mass is 16.7. The molecule has 11 heteroatoms. The van der Waals surface area contributed by atoms with Gasteiger partial charge in [-0.3, -0.25) is 0 Å². The smallest absolute Gasteiger partial charge is 0.187 e. The van der Waals surface area contributed by atoms with Crippen molar-refractivity contribution >= 4 is 0 Å². The maximum absolute atomic E-state index is 9.85. The maximum atomic E-state index is 9.85. The molecule has 0 amide bonds. The summed E-state index contributed by atoms with van der Waals surface area (Å²) < 4.78 is 10.2. The van der Waals surface area contributed by atoms with Crippen molar-refractivity contribution in [1.29, 1.82) is 0 Å². The van der Waals surface area contributed by atoms with Crippen LogP contribution in [0.3, 0.4) is 0 Å². The van der Waals surface area contributed by atoms with Gasteiger partial charge in [0.15, 0.2) is 6.29 Å². The van der Waals surface area contributed by atoms with Crippen molar-refractivity contribution in [3.63, 3.8) is 0 Å². The average molecular weight is 342 g/mol. The molecular weight excluding hydrogens is 320 g/mol. The predicted molar refractivity (Wildman–Crippen MR) is 68.7 cm³/mol. The quantitative estimate of drug-likeness (QED) is 0.236. The minimum Gasteiger partial charge on any atom is -0.394 e. The van der Waals surface area contributed by atoms with Crippen molar-refractivity contribution in [1.82, 2.24) is 0 Å². The number of ether oxygens (including phenoxy) is 2. The molecule has 2 aliphatic rings. The van der Waals surface area contributed by atoms with Crippen LogP contribution in [0.5, 0.6) is 0 Å². The molecule has 0 aromatic heterocycles. The van der Waals surface area contributed by atoms with Gasteiger partial charge in [-0.1, -0.05) is 0 Å². The molecule has 9 N–H and O–H groups in total. The lowest BCUT2D eigenvalue weighted by molar-refractivity contribution is -0.339. The van der Waals surface area contributed by atoms with Crippen LogP contribution < -0.4 is 0 Å². The standard InChI is InChI=1S/C12H22O11/c13-1-2-3(14)4(15)10(21)12(22-2)23-11-8(19)6(17)5(16)7(18)9(11)20/h2-21H,1H2/t2-,3-,4+,5?,6-,7-,8-,9+,10-,11?,12+/m0/s1. The monoisotopic (exact) mass is 342 g/mol. The summed E-state index contributed by atoms with van der Waals surface area (Å²) in [6, 6.07) is 0. The number of aliphatic hydroxyl groups excluding tert-OH is 9. The molecule has 0 aromatic rings. The van der Waals surface area contributed by atoms with Gasteiger partial charge in [-0.05, 0) is 0 Å². The molecule has 1 saturated carbocycles. The molecule has 0 aromatic carbocycles. The molecule has 11 atom stereocenters. The molecule has 2 rings (SSSR count). The molecule has 1 aliphatic carbocycles. The topological polar surface area (TPSA) is 201 Å². The van der Waals surface area contributed by atoms with Crippen LogP contribution in [0, 0.1) is 0 Å². The van der Waals surface area contributed by atoms with Gasteiger partial charge < -0.3 is 55.4 Å². The highest BCUT2D eigenvalue weighted by Crippen LogP contribution is 2.29. The van der Waals surface area contributed by atoms with Gasteiger partial charge in [0.05, 0.1) is 6.61 Å². The molecule has 0 bridgehead atoms. The van der Waals surface area contributed by atoms with Crippen molar-refractivity contribution in [2.45, 2.75) is 67.3 Å². The zero-order valence-corrected chi connectivity index (χ0v) is 11.9. The highest BCUT2D eigenvalue weighted by Gasteiger charge is 2.52. The molecule has 1 aliphatic heterocycles. The van der Waals surface area contributed by atoms with E-state index in [-0.39, 0.29) is 0 Å². The second-order valence-electron chi connectivity index (χ2n) is 5.75. The molecular formula is C12H22O11. The van der Waals surface area contributed by atoms with Gasteiger partial charge in [0.25, 0.3) is 0 Å². The molecule has 136 valence electrons. The third-order valence-corrected chi connectivity index (χ3v) is 4.21. The molecule has 2 unspecified atom stereocenters. The number of aliphatic hydroxyl groups is 9. The summed E-state index contributed by atoms with van der Waals surface area (Å²) in [7, 11) is 0. The van der Waals surface area contributed by atoms with Crippen LogP contribution in [0.4, 0.5) is 0 Å². The van der Waals surface area contributed by atoms with E-state index in [2.05, 4.69) is 0 Å². The van der Waals surface area contributed by atoms with Crippen molar-refractivity contribution in [2.24, 2.45) is 0 Å². The lowest BCUT2D eigenvalue weighted by Crippen LogP contribution is -2.67. The minimum atomic E-state index is -1.83. The summed E-state index contributed by atoms with van der Waals surface area (Å²) in [5.41, 5.74) is 0. The summed E-state index contributed by atoms with van der Waals surface area (Å²) >= 11 is 0. The maximum Gasteiger partial charge on any atom is 0.187 e. The Balaban J connectivity index is 2.13. The van der Waals surface area contributed by atoms with Gasteiger partial charge in [-0.2, -0.15) is 0 Å². The fourth-order valence-corrected chi connectivity index (χ4v) is 2.69. The molecule has 2 fully saturated rings. The molecule has 11 nitrogen and oxygen atoms in total. The van der Waals surface area contributed by atoms with Gasteiger partial charge in [0, 0.05) is 0 Å². The fourth-order valence-electron chi connectivity index (χ4n) is 2.69. The first-order chi connectivity index (χ1) is 10.7. The first-order valence-electron chi connectivity index (χ1n) is 7.07. The van der Waals surface area contributed by atoms with Crippen LogP contribution in [-0.2, 0) is 9.47 Å². The van der Waals surface area contributed by atoms with Gasteiger partial charge in [0.1, 0.15) is 61.0 Å². The Kier molecular flexibility index (Phi) is 5.92. The van der Waals surface area contributed by atoms with Crippen molar-refractivity contribution < 1.29 is 55.4 Å². The van der Waals surface area contributed by atoms with E-state index >= 15 is 0 Å². The Labute approximate surface area is 130 Å². The second kappa shape index (κ2) is 7.21. The second-order valence-corrected chi connectivity index (χ2v) is 5.75. The fraction of sp³-hybridized carbons (Fsp3) is 1.00. The van der Waals surface area contributed by atoms with Crippen molar-refractivity contribution in [3.05, 3.63) is 0 Å².